The van der Waals surface area contributed by atoms with E-state index < -0.39 is 0 Å². The summed E-state index contributed by atoms with van der Waals surface area (Å²) in [6, 6.07) is 10.9. The monoisotopic (exact) mass is 412 g/mol. The van der Waals surface area contributed by atoms with Gasteiger partial charge in [-0.2, -0.15) is 0 Å². The van der Waals surface area contributed by atoms with Crippen LogP contribution < -0.4 is 14.8 Å². The number of anilines is 1. The first-order valence-corrected chi connectivity index (χ1v) is 10.2. The minimum atomic E-state index is -0.261. The van der Waals surface area contributed by atoms with Gasteiger partial charge in [-0.3, -0.25) is 9.59 Å². The Morgan fingerprint density at radius 2 is 1.70 bits per heavy atom. The van der Waals surface area contributed by atoms with Gasteiger partial charge < -0.3 is 19.7 Å². The molecule has 0 fully saturated rings. The number of benzene rings is 2. The molecule has 0 saturated carbocycles. The summed E-state index contributed by atoms with van der Waals surface area (Å²) in [4.78, 5) is 26.7. The van der Waals surface area contributed by atoms with E-state index in [0.717, 1.165) is 16.8 Å². The Bertz CT molecular complexity index is 873. The first kappa shape index (κ1) is 23.3. The van der Waals surface area contributed by atoms with E-state index in [-0.39, 0.29) is 18.4 Å². The first-order valence-electron chi connectivity index (χ1n) is 10.2. The molecule has 0 atom stereocenters. The van der Waals surface area contributed by atoms with Crippen LogP contribution in [-0.4, -0.2) is 43.5 Å². The van der Waals surface area contributed by atoms with Crippen LogP contribution in [0.5, 0.6) is 11.5 Å². The molecule has 2 aromatic rings. The molecule has 162 valence electrons. The van der Waals surface area contributed by atoms with Gasteiger partial charge in [0, 0.05) is 18.3 Å². The highest BCUT2D eigenvalue weighted by Gasteiger charge is 2.18. The van der Waals surface area contributed by atoms with Crippen molar-refractivity contribution >= 4 is 17.5 Å². The van der Waals surface area contributed by atoms with Gasteiger partial charge in [0.15, 0.2) is 11.5 Å². The number of hydrogen-bond acceptors (Lipinski definition) is 4. The maximum absolute atomic E-state index is 12.8. The van der Waals surface area contributed by atoms with E-state index in [1.807, 2.05) is 39.0 Å². The molecule has 0 spiro atoms. The lowest BCUT2D eigenvalue weighted by molar-refractivity contribution is -0.116. The highest BCUT2D eigenvalue weighted by Crippen LogP contribution is 2.29. The summed E-state index contributed by atoms with van der Waals surface area (Å²) in [5.74, 6) is 1.01. The lowest BCUT2D eigenvalue weighted by Gasteiger charge is -2.19. The van der Waals surface area contributed by atoms with Crippen molar-refractivity contribution in [1.82, 2.24) is 4.90 Å². The number of nitrogens with zero attached hydrogens (tertiary/aromatic N) is 1. The summed E-state index contributed by atoms with van der Waals surface area (Å²) >= 11 is 0. The van der Waals surface area contributed by atoms with Crippen molar-refractivity contribution in [2.24, 2.45) is 5.92 Å². The van der Waals surface area contributed by atoms with Crippen LogP contribution in [-0.2, 0) is 4.79 Å². The van der Waals surface area contributed by atoms with E-state index in [1.54, 1.807) is 25.2 Å². The van der Waals surface area contributed by atoms with Gasteiger partial charge in [0.25, 0.3) is 5.91 Å². The maximum atomic E-state index is 12.8. The lowest BCUT2D eigenvalue weighted by atomic mass is 10.1. The van der Waals surface area contributed by atoms with Crippen molar-refractivity contribution in [2.45, 2.75) is 34.6 Å². The van der Waals surface area contributed by atoms with Crippen LogP contribution in [0.15, 0.2) is 36.4 Å². The molecule has 0 bridgehead atoms. The van der Waals surface area contributed by atoms with E-state index in [9.17, 15) is 9.59 Å². The van der Waals surface area contributed by atoms with E-state index in [1.165, 1.54) is 4.90 Å². The molecule has 0 aromatic heterocycles. The van der Waals surface area contributed by atoms with Crippen LogP contribution >= 0.6 is 0 Å². The van der Waals surface area contributed by atoms with Gasteiger partial charge >= 0.3 is 0 Å². The molecule has 1 N–H and O–H groups in total. The van der Waals surface area contributed by atoms with Gasteiger partial charge in [0.2, 0.25) is 5.91 Å². The van der Waals surface area contributed by atoms with Gasteiger partial charge in [0.1, 0.15) is 0 Å². The Labute approximate surface area is 179 Å². The second-order valence-corrected chi connectivity index (χ2v) is 7.78. The van der Waals surface area contributed by atoms with Crippen molar-refractivity contribution in [1.29, 1.82) is 0 Å². The Morgan fingerprint density at radius 1 is 1.03 bits per heavy atom. The average Bonchev–Trinajstić information content (AvgIpc) is 2.69. The molecule has 6 heteroatoms. The second kappa shape index (κ2) is 10.7. The zero-order valence-corrected chi connectivity index (χ0v) is 18.7. The van der Waals surface area contributed by atoms with E-state index >= 15 is 0 Å². The predicted molar refractivity (Wildman–Crippen MR) is 119 cm³/mol. The third-order valence-corrected chi connectivity index (χ3v) is 4.54. The highest BCUT2D eigenvalue weighted by atomic mass is 16.5. The third-order valence-electron chi connectivity index (χ3n) is 4.54. The van der Waals surface area contributed by atoms with Crippen molar-refractivity contribution in [3.63, 3.8) is 0 Å². The normalized spacial score (nSPS) is 10.6. The van der Waals surface area contributed by atoms with Gasteiger partial charge in [-0.05, 0) is 56.0 Å². The summed E-state index contributed by atoms with van der Waals surface area (Å²) in [6.45, 7) is 10.9. The fourth-order valence-corrected chi connectivity index (χ4v) is 2.98. The van der Waals surface area contributed by atoms with Crippen LogP contribution in [0, 0.1) is 19.8 Å². The van der Waals surface area contributed by atoms with Crippen molar-refractivity contribution in [2.75, 3.05) is 32.1 Å². The molecule has 0 aliphatic rings. The number of nitrogens with one attached hydrogen (secondary N) is 1. The Hall–Kier alpha value is -3.02. The number of para-hydroxylation sites is 1. The van der Waals surface area contributed by atoms with E-state index in [2.05, 4.69) is 19.2 Å². The predicted octanol–water partition coefficient (Wildman–Crippen LogP) is 4.45. The molecule has 0 radical (unpaired) electrons. The quantitative estimate of drug-likeness (QED) is 0.661. The zero-order valence-electron chi connectivity index (χ0n) is 18.7. The van der Waals surface area contributed by atoms with Crippen LogP contribution in [0.1, 0.15) is 42.3 Å². The minimum Gasteiger partial charge on any atom is -0.490 e. The number of rotatable bonds is 9. The number of aryl methyl sites for hydroxylation is 2. The van der Waals surface area contributed by atoms with Crippen LogP contribution in [0.25, 0.3) is 0 Å². The number of hydrogen-bond donors (Lipinski definition) is 1. The molecule has 2 aromatic carbocycles. The zero-order chi connectivity index (χ0) is 22.3. The van der Waals surface area contributed by atoms with Crippen molar-refractivity contribution in [3.05, 3.63) is 53.1 Å². The molecule has 0 saturated heterocycles. The number of carbonyl (C=O) groups excluding carboxylic acids is 2. The molecule has 2 amide bonds. The number of amides is 2. The van der Waals surface area contributed by atoms with E-state index in [0.29, 0.717) is 36.2 Å². The smallest absolute Gasteiger partial charge is 0.254 e. The average molecular weight is 413 g/mol. The fraction of sp³-hybridized carbons (Fsp3) is 0.417. The Balaban J connectivity index is 2.09. The number of likely N-dealkylation sites (N-methyl/N-ethyl adjacent to an activating group) is 1. The molecular weight excluding hydrogens is 380 g/mol. The SMILES string of the molecule is CCOc1cc(C(=O)N(C)CC(=O)Nc2c(C)cccc2C)ccc1OCC(C)C. The molecule has 0 aliphatic heterocycles. The molecule has 0 unspecified atom stereocenters. The molecule has 0 aliphatic carbocycles. The third kappa shape index (κ3) is 6.24. The summed E-state index contributed by atoms with van der Waals surface area (Å²) in [7, 11) is 1.61. The van der Waals surface area contributed by atoms with Gasteiger partial charge in [-0.15, -0.1) is 0 Å². The largest absolute Gasteiger partial charge is 0.490 e. The molecular formula is C24H32N2O4. The second-order valence-electron chi connectivity index (χ2n) is 7.78. The summed E-state index contributed by atoms with van der Waals surface area (Å²) in [5, 5.41) is 2.91. The summed E-state index contributed by atoms with van der Waals surface area (Å²) in [6.07, 6.45) is 0. The minimum absolute atomic E-state index is 0.0534. The van der Waals surface area contributed by atoms with Gasteiger partial charge in [-0.1, -0.05) is 32.0 Å². The Morgan fingerprint density at radius 3 is 2.30 bits per heavy atom. The van der Waals surface area contributed by atoms with Crippen LogP contribution in [0.2, 0.25) is 0 Å². The summed E-state index contributed by atoms with van der Waals surface area (Å²) in [5.41, 5.74) is 3.19. The standard InChI is InChI=1S/C24H32N2O4/c1-7-29-21-13-19(11-12-20(21)30-15-16(2)3)24(28)26(6)14-22(27)25-23-17(4)9-8-10-18(23)5/h8-13,16H,7,14-15H2,1-6H3,(H,25,27). The van der Waals surface area contributed by atoms with Crippen molar-refractivity contribution < 1.29 is 19.1 Å². The first-order chi connectivity index (χ1) is 14.2. The summed E-state index contributed by atoms with van der Waals surface area (Å²) < 4.78 is 11.4. The molecule has 2 rings (SSSR count). The highest BCUT2D eigenvalue weighted by molar-refractivity contribution is 6.00. The van der Waals surface area contributed by atoms with Gasteiger partial charge in [0.05, 0.1) is 19.8 Å². The maximum Gasteiger partial charge on any atom is 0.254 e. The Kier molecular flexibility index (Phi) is 8.27. The van der Waals surface area contributed by atoms with Gasteiger partial charge in [-0.25, -0.2) is 0 Å². The number of carbonyl (C=O) groups is 2. The fourth-order valence-electron chi connectivity index (χ4n) is 2.98. The number of ether oxygens (including phenoxy) is 2. The lowest BCUT2D eigenvalue weighted by Crippen LogP contribution is -2.35. The molecule has 30 heavy (non-hydrogen) atoms. The van der Waals surface area contributed by atoms with Crippen LogP contribution in [0.4, 0.5) is 5.69 Å². The molecule has 0 heterocycles. The topological polar surface area (TPSA) is 67.9 Å². The van der Waals surface area contributed by atoms with Crippen molar-refractivity contribution in [3.8, 4) is 11.5 Å². The van der Waals surface area contributed by atoms with Crippen LogP contribution in [0.3, 0.4) is 0 Å². The molecule has 6 nitrogen and oxygen atoms in total. The van der Waals surface area contributed by atoms with E-state index in [4.69, 9.17) is 9.47 Å².